The molecule has 4 nitrogen and oxygen atoms in total. The van der Waals surface area contributed by atoms with Gasteiger partial charge in [0, 0.05) is 12.0 Å². The smallest absolute Gasteiger partial charge is 0.258 e. The highest BCUT2D eigenvalue weighted by molar-refractivity contribution is 6.19. The molecule has 0 aromatic heterocycles. The number of ketones is 1. The molecule has 1 heterocycles. The summed E-state index contributed by atoms with van der Waals surface area (Å²) in [5, 5.41) is 12.3. The number of rotatable bonds is 1. The van der Waals surface area contributed by atoms with Crippen LogP contribution in [0.15, 0.2) is 11.3 Å². The number of amides is 1. The van der Waals surface area contributed by atoms with Gasteiger partial charge in [-0.3, -0.25) is 9.59 Å². The number of carbonyl (C=O) groups excluding carboxylic acids is 2. The standard InChI is InChI=1S/C9H11NO3/c1-5(11)6-7(12)9(2-3-9)4-10-8(6)13/h12H,2-4H2,1H3,(H,10,13). The van der Waals surface area contributed by atoms with Crippen molar-refractivity contribution < 1.29 is 14.7 Å². The van der Waals surface area contributed by atoms with Crippen LogP contribution < -0.4 is 5.32 Å². The first-order valence-electron chi connectivity index (χ1n) is 4.30. The van der Waals surface area contributed by atoms with Crippen molar-refractivity contribution in [3.63, 3.8) is 0 Å². The monoisotopic (exact) mass is 181 g/mol. The number of aliphatic hydroxyl groups excluding tert-OH is 1. The van der Waals surface area contributed by atoms with Crippen LogP contribution in [0.1, 0.15) is 19.8 Å². The van der Waals surface area contributed by atoms with Gasteiger partial charge in [-0.05, 0) is 19.8 Å². The first-order valence-corrected chi connectivity index (χ1v) is 4.30. The van der Waals surface area contributed by atoms with Crippen LogP contribution >= 0.6 is 0 Å². The summed E-state index contributed by atoms with van der Waals surface area (Å²) in [6, 6.07) is 0. The molecular formula is C9H11NO3. The molecule has 0 radical (unpaired) electrons. The highest BCUT2D eigenvalue weighted by atomic mass is 16.3. The van der Waals surface area contributed by atoms with E-state index in [2.05, 4.69) is 5.32 Å². The highest BCUT2D eigenvalue weighted by Crippen LogP contribution is 2.52. The Hall–Kier alpha value is -1.32. The second-order valence-corrected chi connectivity index (χ2v) is 3.74. The molecule has 0 aromatic rings. The number of Topliss-reactive ketones (excluding diaryl/α,β-unsaturated/α-hetero) is 1. The molecule has 0 aromatic carbocycles. The molecule has 1 aliphatic carbocycles. The number of aliphatic hydroxyl groups is 1. The fourth-order valence-electron chi connectivity index (χ4n) is 1.69. The normalized spacial score (nSPS) is 24.5. The molecule has 13 heavy (non-hydrogen) atoms. The molecule has 70 valence electrons. The van der Waals surface area contributed by atoms with Crippen molar-refractivity contribution in [1.29, 1.82) is 0 Å². The molecular weight excluding hydrogens is 170 g/mol. The van der Waals surface area contributed by atoms with Gasteiger partial charge in [-0.15, -0.1) is 0 Å². The van der Waals surface area contributed by atoms with E-state index in [9.17, 15) is 14.7 Å². The van der Waals surface area contributed by atoms with Gasteiger partial charge in [0.25, 0.3) is 5.91 Å². The average molecular weight is 181 g/mol. The predicted molar refractivity (Wildman–Crippen MR) is 45.0 cm³/mol. The molecule has 0 saturated heterocycles. The Morgan fingerprint density at radius 2 is 2.15 bits per heavy atom. The van der Waals surface area contributed by atoms with Gasteiger partial charge in [0.2, 0.25) is 0 Å². The minimum absolute atomic E-state index is 0.00347. The number of carbonyl (C=O) groups is 2. The Balaban J connectivity index is 2.46. The van der Waals surface area contributed by atoms with E-state index >= 15 is 0 Å². The van der Waals surface area contributed by atoms with Crippen LogP contribution in [-0.4, -0.2) is 23.3 Å². The van der Waals surface area contributed by atoms with E-state index in [0.29, 0.717) is 6.54 Å². The third-order valence-electron chi connectivity index (χ3n) is 2.76. The van der Waals surface area contributed by atoms with Gasteiger partial charge in [-0.1, -0.05) is 0 Å². The molecule has 1 amide bonds. The van der Waals surface area contributed by atoms with Gasteiger partial charge in [0.1, 0.15) is 11.3 Å². The van der Waals surface area contributed by atoms with Gasteiger partial charge < -0.3 is 10.4 Å². The molecule has 1 aliphatic heterocycles. The quantitative estimate of drug-likeness (QED) is 0.572. The van der Waals surface area contributed by atoms with Crippen molar-refractivity contribution in [2.45, 2.75) is 19.8 Å². The molecule has 2 rings (SSSR count). The maximum Gasteiger partial charge on any atom is 0.258 e. The van der Waals surface area contributed by atoms with E-state index < -0.39 is 5.91 Å². The van der Waals surface area contributed by atoms with Gasteiger partial charge >= 0.3 is 0 Å². The molecule has 2 N–H and O–H groups in total. The molecule has 1 spiro atoms. The van der Waals surface area contributed by atoms with E-state index in [4.69, 9.17) is 0 Å². The lowest BCUT2D eigenvalue weighted by molar-refractivity contribution is -0.123. The SMILES string of the molecule is CC(=O)C1=C(O)C2(CC2)CNC1=O. The van der Waals surface area contributed by atoms with Gasteiger partial charge in [-0.2, -0.15) is 0 Å². The Labute approximate surface area is 75.6 Å². The molecule has 2 aliphatic rings. The topological polar surface area (TPSA) is 66.4 Å². The summed E-state index contributed by atoms with van der Waals surface area (Å²) >= 11 is 0. The summed E-state index contributed by atoms with van der Waals surface area (Å²) in [7, 11) is 0. The summed E-state index contributed by atoms with van der Waals surface area (Å²) in [4.78, 5) is 22.3. The molecule has 4 heteroatoms. The van der Waals surface area contributed by atoms with Crippen molar-refractivity contribution in [3.8, 4) is 0 Å². The van der Waals surface area contributed by atoms with E-state index in [0.717, 1.165) is 12.8 Å². The Morgan fingerprint density at radius 1 is 1.54 bits per heavy atom. The second kappa shape index (κ2) is 2.34. The first kappa shape index (κ1) is 8.29. The summed E-state index contributed by atoms with van der Waals surface area (Å²) in [6.45, 7) is 1.76. The van der Waals surface area contributed by atoms with Crippen LogP contribution in [0.3, 0.4) is 0 Å². The number of hydrogen-bond donors (Lipinski definition) is 2. The summed E-state index contributed by atoms with van der Waals surface area (Å²) in [5.74, 6) is -0.799. The lowest BCUT2D eigenvalue weighted by Crippen LogP contribution is -2.40. The van der Waals surface area contributed by atoms with Gasteiger partial charge in [-0.25, -0.2) is 0 Å². The second-order valence-electron chi connectivity index (χ2n) is 3.74. The fraction of sp³-hybridized carbons (Fsp3) is 0.556. The van der Waals surface area contributed by atoms with Gasteiger partial charge in [0.15, 0.2) is 5.78 Å². The number of hydrogen-bond acceptors (Lipinski definition) is 3. The minimum atomic E-state index is -0.442. The zero-order chi connectivity index (χ0) is 9.64. The lowest BCUT2D eigenvalue weighted by Gasteiger charge is -2.23. The molecule has 0 atom stereocenters. The molecule has 0 bridgehead atoms. The van der Waals surface area contributed by atoms with Crippen molar-refractivity contribution in [3.05, 3.63) is 11.3 Å². The van der Waals surface area contributed by atoms with Crippen molar-refractivity contribution in [2.24, 2.45) is 5.41 Å². The summed E-state index contributed by atoms with van der Waals surface area (Å²) in [5.41, 5.74) is -0.349. The largest absolute Gasteiger partial charge is 0.511 e. The minimum Gasteiger partial charge on any atom is -0.511 e. The van der Waals surface area contributed by atoms with Crippen LogP contribution in [0.5, 0.6) is 0 Å². The average Bonchev–Trinajstić information content (AvgIpc) is 2.79. The molecule has 1 saturated carbocycles. The van der Waals surface area contributed by atoms with E-state index in [1.165, 1.54) is 6.92 Å². The predicted octanol–water partition coefficient (Wildman–Crippen LogP) is 0.297. The highest BCUT2D eigenvalue weighted by Gasteiger charge is 2.51. The summed E-state index contributed by atoms with van der Waals surface area (Å²) < 4.78 is 0. The number of nitrogens with one attached hydrogen (secondary N) is 1. The van der Waals surface area contributed by atoms with Crippen molar-refractivity contribution in [2.75, 3.05) is 6.54 Å². The fourth-order valence-corrected chi connectivity index (χ4v) is 1.69. The Kier molecular flexibility index (Phi) is 1.49. The Morgan fingerprint density at radius 3 is 2.62 bits per heavy atom. The lowest BCUT2D eigenvalue weighted by atomic mass is 9.93. The van der Waals surface area contributed by atoms with Crippen LogP contribution in [-0.2, 0) is 9.59 Å². The van der Waals surface area contributed by atoms with Crippen LogP contribution in [0.25, 0.3) is 0 Å². The van der Waals surface area contributed by atoms with Crippen molar-refractivity contribution in [1.82, 2.24) is 5.32 Å². The third kappa shape index (κ3) is 1.05. The van der Waals surface area contributed by atoms with Gasteiger partial charge in [0.05, 0.1) is 0 Å². The zero-order valence-corrected chi connectivity index (χ0v) is 7.39. The molecule has 0 unspecified atom stereocenters. The molecule has 1 fully saturated rings. The van der Waals surface area contributed by atoms with Crippen LogP contribution in [0, 0.1) is 5.41 Å². The summed E-state index contributed by atoms with van der Waals surface area (Å²) in [6.07, 6.45) is 1.71. The first-order chi connectivity index (χ1) is 6.07. The van der Waals surface area contributed by atoms with Crippen molar-refractivity contribution >= 4 is 11.7 Å². The zero-order valence-electron chi connectivity index (χ0n) is 7.39. The maximum atomic E-state index is 11.2. The Bertz CT molecular complexity index is 326. The maximum absolute atomic E-state index is 11.2. The van der Waals surface area contributed by atoms with E-state index in [1.807, 2.05) is 0 Å². The van der Waals surface area contributed by atoms with Crippen LogP contribution in [0.4, 0.5) is 0 Å². The van der Waals surface area contributed by atoms with E-state index in [1.54, 1.807) is 0 Å². The third-order valence-corrected chi connectivity index (χ3v) is 2.76. The van der Waals surface area contributed by atoms with E-state index in [-0.39, 0.29) is 22.5 Å². The van der Waals surface area contributed by atoms with Crippen LogP contribution in [0.2, 0.25) is 0 Å².